The molecule has 0 aromatic carbocycles. The molecule has 2 N–H and O–H groups in total. The fourth-order valence-corrected chi connectivity index (χ4v) is 0.950. The van der Waals surface area contributed by atoms with Crippen molar-refractivity contribution >= 4 is 35.0 Å². The molecule has 2 amide bonds. The largest absolute Gasteiger partial charge is 0.329 e. The van der Waals surface area contributed by atoms with Gasteiger partial charge in [0.25, 0.3) is 0 Å². The number of hydrogen-bond donors (Lipinski definition) is 1. The molecule has 12 heavy (non-hydrogen) atoms. The minimum absolute atomic E-state index is 0.164. The third kappa shape index (κ3) is 3.38. The summed E-state index contributed by atoms with van der Waals surface area (Å²) in [5.74, 6) is -1.40. The van der Waals surface area contributed by atoms with Gasteiger partial charge in [-0.1, -0.05) is 0 Å². The number of nitrogens with two attached hydrogens (primary N) is 1. The Bertz CT molecular complexity index is 159. The average Bonchev–Trinajstić information content (AvgIpc) is 2.11. The quantitative estimate of drug-likeness (QED) is 0.656. The van der Waals surface area contributed by atoms with Gasteiger partial charge >= 0.3 is 0 Å². The predicted octanol–water partition coefficient (Wildman–Crippen LogP) is -0.222. The first-order valence-corrected chi connectivity index (χ1v) is 4.39. The smallest absolute Gasteiger partial charge is 0.244 e. The monoisotopic (exact) mass is 212 g/mol. The number of carbonyl (C=O) groups is 2. The second kappa shape index (κ2) is 6.22. The number of rotatable bonds is 4. The van der Waals surface area contributed by atoms with Crippen molar-refractivity contribution in [2.24, 2.45) is 5.73 Å². The third-order valence-electron chi connectivity index (χ3n) is 1.18. The number of carbonyl (C=O) groups excluding carboxylic acids is 2. The van der Waals surface area contributed by atoms with Crippen LogP contribution in [0.1, 0.15) is 0 Å². The van der Waals surface area contributed by atoms with Crippen molar-refractivity contribution in [3.05, 3.63) is 0 Å². The van der Waals surface area contributed by atoms with Crippen molar-refractivity contribution < 1.29 is 9.59 Å². The number of nitrogens with zero attached hydrogens (tertiary/aromatic N) is 1. The van der Waals surface area contributed by atoms with Gasteiger partial charge in [-0.25, -0.2) is 0 Å². The van der Waals surface area contributed by atoms with Crippen LogP contribution in [0.4, 0.5) is 0 Å². The van der Waals surface area contributed by atoms with E-state index in [-0.39, 0.29) is 24.8 Å². The average molecular weight is 213 g/mol. The number of hydrogen-bond acceptors (Lipinski definition) is 3. The summed E-state index contributed by atoms with van der Waals surface area (Å²) in [6, 6.07) is 0. The van der Waals surface area contributed by atoms with Crippen LogP contribution >= 0.6 is 23.2 Å². The maximum atomic E-state index is 11.0. The van der Waals surface area contributed by atoms with Crippen LogP contribution < -0.4 is 5.73 Å². The fourth-order valence-electron chi connectivity index (χ4n) is 0.662. The third-order valence-corrected chi connectivity index (χ3v) is 1.64. The van der Waals surface area contributed by atoms with Gasteiger partial charge in [-0.15, -0.1) is 23.2 Å². The van der Waals surface area contributed by atoms with E-state index in [0.29, 0.717) is 0 Å². The molecule has 70 valence electrons. The highest BCUT2D eigenvalue weighted by atomic mass is 35.5. The molecule has 0 spiro atoms. The van der Waals surface area contributed by atoms with E-state index in [1.54, 1.807) is 0 Å². The minimum atomic E-state index is -0.465. The highest BCUT2D eigenvalue weighted by Crippen LogP contribution is 1.94. The van der Waals surface area contributed by atoms with Crippen LogP contribution in [0.3, 0.4) is 0 Å². The molecule has 0 fully saturated rings. The molecule has 0 unspecified atom stereocenters. The number of amides is 2. The van der Waals surface area contributed by atoms with Crippen molar-refractivity contribution in [2.75, 3.05) is 24.8 Å². The molecular weight excluding hydrogens is 203 g/mol. The first-order chi connectivity index (χ1) is 5.67. The van der Waals surface area contributed by atoms with Crippen molar-refractivity contribution in [3.63, 3.8) is 0 Å². The molecule has 0 aliphatic heterocycles. The maximum absolute atomic E-state index is 11.0. The van der Waals surface area contributed by atoms with Crippen molar-refractivity contribution in [1.82, 2.24) is 4.90 Å². The highest BCUT2D eigenvalue weighted by Gasteiger charge is 2.17. The summed E-state index contributed by atoms with van der Waals surface area (Å²) in [5, 5.41) is 0. The lowest BCUT2D eigenvalue weighted by atomic mass is 10.4. The normalized spacial score (nSPS) is 9.58. The summed E-state index contributed by atoms with van der Waals surface area (Å²) in [5.41, 5.74) is 5.18. The van der Waals surface area contributed by atoms with Gasteiger partial charge in [0.05, 0.1) is 0 Å². The zero-order valence-electron chi connectivity index (χ0n) is 6.43. The molecule has 0 rings (SSSR count). The Morgan fingerprint density at radius 1 is 1.17 bits per heavy atom. The standard InChI is InChI=1S/C6H10Cl2N2O2/c7-3-5(11)10(2-1-9)6(12)4-8/h1-4,9H2. The lowest BCUT2D eigenvalue weighted by Gasteiger charge is -2.17. The van der Waals surface area contributed by atoms with Gasteiger partial charge in [0.15, 0.2) is 0 Å². The summed E-state index contributed by atoms with van der Waals surface area (Å²) >= 11 is 10.5. The van der Waals surface area contributed by atoms with Crippen LogP contribution in [0.15, 0.2) is 0 Å². The van der Waals surface area contributed by atoms with E-state index in [9.17, 15) is 9.59 Å². The molecule has 4 nitrogen and oxygen atoms in total. The van der Waals surface area contributed by atoms with E-state index in [1.807, 2.05) is 0 Å². The SMILES string of the molecule is NCCN(C(=O)CCl)C(=O)CCl. The van der Waals surface area contributed by atoms with Crippen LogP contribution in [-0.4, -0.2) is 41.6 Å². The van der Waals surface area contributed by atoms with E-state index in [1.165, 1.54) is 0 Å². The minimum Gasteiger partial charge on any atom is -0.329 e. The van der Waals surface area contributed by atoms with Crippen LogP contribution in [-0.2, 0) is 9.59 Å². The first-order valence-electron chi connectivity index (χ1n) is 3.32. The summed E-state index contributed by atoms with van der Waals surface area (Å²) in [4.78, 5) is 22.9. The van der Waals surface area contributed by atoms with Gasteiger partial charge in [0.1, 0.15) is 11.8 Å². The Hall–Kier alpha value is -0.320. The number of imide groups is 1. The molecule has 0 aromatic rings. The van der Waals surface area contributed by atoms with E-state index < -0.39 is 11.8 Å². The number of alkyl halides is 2. The summed E-state index contributed by atoms with van der Waals surface area (Å²) in [7, 11) is 0. The zero-order valence-corrected chi connectivity index (χ0v) is 7.94. The Kier molecular flexibility index (Phi) is 6.06. The second-order valence-corrected chi connectivity index (χ2v) is 2.53. The molecule has 0 heterocycles. The molecular formula is C6H10Cl2N2O2. The van der Waals surface area contributed by atoms with Gasteiger partial charge in [-0.2, -0.15) is 0 Å². The first kappa shape index (κ1) is 11.7. The molecule has 0 saturated carbocycles. The molecule has 0 radical (unpaired) electrons. The molecule has 0 aliphatic rings. The Morgan fingerprint density at radius 2 is 1.58 bits per heavy atom. The van der Waals surface area contributed by atoms with Gasteiger partial charge < -0.3 is 5.73 Å². The van der Waals surface area contributed by atoms with Crippen LogP contribution in [0.2, 0.25) is 0 Å². The fraction of sp³-hybridized carbons (Fsp3) is 0.667. The number of halogens is 2. The summed E-state index contributed by atoms with van der Waals surface area (Å²) in [6.07, 6.45) is 0. The van der Waals surface area contributed by atoms with Gasteiger partial charge in [-0.05, 0) is 0 Å². The van der Waals surface area contributed by atoms with Crippen molar-refractivity contribution in [3.8, 4) is 0 Å². The van der Waals surface area contributed by atoms with Crippen LogP contribution in [0.5, 0.6) is 0 Å². The van der Waals surface area contributed by atoms with Gasteiger partial charge in [0, 0.05) is 13.1 Å². The van der Waals surface area contributed by atoms with Crippen LogP contribution in [0, 0.1) is 0 Å². The van der Waals surface area contributed by atoms with E-state index in [0.717, 1.165) is 4.90 Å². The summed E-state index contributed by atoms with van der Waals surface area (Å²) < 4.78 is 0. The molecule has 0 aromatic heterocycles. The lowest BCUT2D eigenvalue weighted by molar-refractivity contribution is -0.141. The molecule has 0 atom stereocenters. The summed E-state index contributed by atoms with van der Waals surface area (Å²) in [6.45, 7) is 0.377. The van der Waals surface area contributed by atoms with E-state index in [2.05, 4.69) is 0 Å². The highest BCUT2D eigenvalue weighted by molar-refractivity contribution is 6.31. The molecule has 0 aliphatic carbocycles. The van der Waals surface area contributed by atoms with Gasteiger partial charge in [-0.3, -0.25) is 14.5 Å². The molecule has 0 bridgehead atoms. The predicted molar refractivity (Wildman–Crippen MR) is 47.2 cm³/mol. The van der Waals surface area contributed by atoms with E-state index in [4.69, 9.17) is 28.9 Å². The van der Waals surface area contributed by atoms with Crippen LogP contribution in [0.25, 0.3) is 0 Å². The van der Waals surface area contributed by atoms with Gasteiger partial charge in [0.2, 0.25) is 11.8 Å². The van der Waals surface area contributed by atoms with E-state index >= 15 is 0 Å². The molecule has 0 saturated heterocycles. The topological polar surface area (TPSA) is 63.4 Å². The zero-order chi connectivity index (χ0) is 9.56. The van der Waals surface area contributed by atoms with Crippen molar-refractivity contribution in [1.29, 1.82) is 0 Å². The Labute approximate surface area is 80.6 Å². The Balaban J connectivity index is 4.21. The van der Waals surface area contributed by atoms with Crippen molar-refractivity contribution in [2.45, 2.75) is 0 Å². The Morgan fingerprint density at radius 3 is 1.83 bits per heavy atom. The molecule has 6 heteroatoms. The lowest BCUT2D eigenvalue weighted by Crippen LogP contribution is -2.41. The second-order valence-electron chi connectivity index (χ2n) is 2.00. The maximum Gasteiger partial charge on any atom is 0.244 e.